The summed E-state index contributed by atoms with van der Waals surface area (Å²) in [7, 11) is 1.31. The molecule has 1 heterocycles. The average molecular weight is 469 g/mol. The van der Waals surface area contributed by atoms with Gasteiger partial charge >= 0.3 is 12.1 Å². The predicted molar refractivity (Wildman–Crippen MR) is 133 cm³/mol. The van der Waals surface area contributed by atoms with Crippen LogP contribution in [0.5, 0.6) is 5.75 Å². The highest BCUT2D eigenvalue weighted by Crippen LogP contribution is 2.24. The number of carbonyl (C=O) groups is 2. The van der Waals surface area contributed by atoms with Crippen molar-refractivity contribution in [1.29, 1.82) is 5.26 Å². The van der Waals surface area contributed by atoms with E-state index in [2.05, 4.69) is 16.4 Å². The van der Waals surface area contributed by atoms with Crippen LogP contribution in [0, 0.1) is 11.3 Å². The monoisotopic (exact) mass is 468 g/mol. The van der Waals surface area contributed by atoms with Crippen molar-refractivity contribution in [3.8, 4) is 11.8 Å². The number of rotatable bonds is 8. The Morgan fingerprint density at radius 2 is 1.80 bits per heavy atom. The SMILES string of the molecule is COC(=O)CCN(C(=O)Oc1ccc2[nH]c(CNc3ccc(C#N)cc3)cc2c1)c1ccccc1. The highest BCUT2D eigenvalue weighted by atomic mass is 16.6. The van der Waals surface area contributed by atoms with Crippen molar-refractivity contribution in [2.75, 3.05) is 23.9 Å². The van der Waals surface area contributed by atoms with Crippen LogP contribution in [0.2, 0.25) is 0 Å². The summed E-state index contributed by atoms with van der Waals surface area (Å²) in [6.07, 6.45) is -0.537. The molecule has 0 unspecified atom stereocenters. The zero-order valence-corrected chi connectivity index (χ0v) is 19.2. The Morgan fingerprint density at radius 3 is 2.51 bits per heavy atom. The van der Waals surface area contributed by atoms with E-state index in [1.165, 1.54) is 12.0 Å². The number of methoxy groups -OCH3 is 1. The quantitative estimate of drug-likeness (QED) is 0.343. The van der Waals surface area contributed by atoms with E-state index < -0.39 is 12.1 Å². The number of anilines is 2. The maximum atomic E-state index is 13.0. The standard InChI is InChI=1S/C27H24N4O4/c1-34-26(32)13-14-31(23-5-3-2-4-6-23)27(33)35-24-11-12-25-20(16-24)15-22(30-25)18-29-21-9-7-19(17-28)8-10-21/h2-12,15-16,29-30H,13-14,18H2,1H3. The molecule has 0 saturated heterocycles. The lowest BCUT2D eigenvalue weighted by Gasteiger charge is -2.21. The smallest absolute Gasteiger partial charge is 0.419 e. The van der Waals surface area contributed by atoms with Crippen LogP contribution in [0.15, 0.2) is 78.9 Å². The van der Waals surface area contributed by atoms with Gasteiger partial charge in [-0.1, -0.05) is 18.2 Å². The number of aromatic nitrogens is 1. The number of fused-ring (bicyclic) bond motifs is 1. The van der Waals surface area contributed by atoms with Crippen LogP contribution >= 0.6 is 0 Å². The van der Waals surface area contributed by atoms with Crippen molar-refractivity contribution in [2.24, 2.45) is 0 Å². The molecule has 0 aliphatic rings. The summed E-state index contributed by atoms with van der Waals surface area (Å²) >= 11 is 0. The first-order valence-electron chi connectivity index (χ1n) is 11.0. The van der Waals surface area contributed by atoms with E-state index in [0.29, 0.717) is 23.5 Å². The molecule has 35 heavy (non-hydrogen) atoms. The number of nitrogens with zero attached hydrogens (tertiary/aromatic N) is 2. The molecule has 176 valence electrons. The van der Waals surface area contributed by atoms with Gasteiger partial charge in [-0.05, 0) is 60.7 Å². The van der Waals surface area contributed by atoms with Gasteiger partial charge < -0.3 is 19.8 Å². The molecule has 4 rings (SSSR count). The maximum Gasteiger partial charge on any atom is 0.419 e. The van der Waals surface area contributed by atoms with Crippen molar-refractivity contribution in [2.45, 2.75) is 13.0 Å². The van der Waals surface area contributed by atoms with E-state index >= 15 is 0 Å². The summed E-state index contributed by atoms with van der Waals surface area (Å²) in [6, 6.07) is 25.7. The third-order valence-corrected chi connectivity index (χ3v) is 5.41. The lowest BCUT2D eigenvalue weighted by Crippen LogP contribution is -2.35. The van der Waals surface area contributed by atoms with Crippen LogP contribution in [-0.2, 0) is 16.1 Å². The van der Waals surface area contributed by atoms with Crippen molar-refractivity contribution < 1.29 is 19.1 Å². The Kier molecular flexibility index (Phi) is 7.28. The maximum absolute atomic E-state index is 13.0. The van der Waals surface area contributed by atoms with E-state index in [1.807, 2.05) is 42.5 Å². The summed E-state index contributed by atoms with van der Waals surface area (Å²) in [6.45, 7) is 0.693. The van der Waals surface area contributed by atoms with Crippen molar-refractivity contribution in [3.63, 3.8) is 0 Å². The van der Waals surface area contributed by atoms with Gasteiger partial charge in [0.15, 0.2) is 0 Å². The molecule has 0 aliphatic carbocycles. The van der Waals surface area contributed by atoms with Gasteiger partial charge in [0.25, 0.3) is 0 Å². The van der Waals surface area contributed by atoms with Crippen LogP contribution in [0.25, 0.3) is 10.9 Å². The Balaban J connectivity index is 1.45. The molecular weight excluding hydrogens is 444 g/mol. The minimum atomic E-state index is -0.585. The summed E-state index contributed by atoms with van der Waals surface area (Å²) in [5.41, 5.74) is 4.01. The summed E-state index contributed by atoms with van der Waals surface area (Å²) in [5.74, 6) is -0.0123. The number of ether oxygens (including phenoxy) is 2. The second-order valence-electron chi connectivity index (χ2n) is 7.77. The van der Waals surface area contributed by atoms with Crippen LogP contribution in [0.1, 0.15) is 17.7 Å². The minimum Gasteiger partial charge on any atom is -0.469 e. The van der Waals surface area contributed by atoms with Crippen molar-refractivity contribution in [1.82, 2.24) is 4.98 Å². The van der Waals surface area contributed by atoms with Gasteiger partial charge in [-0.2, -0.15) is 5.26 Å². The molecule has 4 aromatic rings. The molecule has 1 amide bonds. The number of aromatic amines is 1. The van der Waals surface area contributed by atoms with E-state index in [9.17, 15) is 9.59 Å². The number of hydrogen-bond acceptors (Lipinski definition) is 6. The number of benzene rings is 3. The highest BCUT2D eigenvalue weighted by molar-refractivity contribution is 5.91. The van der Waals surface area contributed by atoms with E-state index in [-0.39, 0.29) is 13.0 Å². The molecule has 0 spiro atoms. The molecule has 0 fully saturated rings. The first-order chi connectivity index (χ1) is 17.1. The zero-order valence-electron chi connectivity index (χ0n) is 19.2. The topological polar surface area (TPSA) is 107 Å². The lowest BCUT2D eigenvalue weighted by atomic mass is 10.2. The molecule has 1 aromatic heterocycles. The van der Waals surface area contributed by atoms with Gasteiger partial charge in [0.2, 0.25) is 0 Å². The molecule has 2 N–H and O–H groups in total. The number of esters is 1. The van der Waals surface area contributed by atoms with Crippen LogP contribution < -0.4 is 15.0 Å². The van der Waals surface area contributed by atoms with Crippen molar-refractivity contribution >= 4 is 34.3 Å². The summed E-state index contributed by atoms with van der Waals surface area (Å²) in [4.78, 5) is 29.3. The number of carbonyl (C=O) groups excluding carboxylic acids is 2. The number of hydrogen-bond donors (Lipinski definition) is 2. The number of nitrogens with one attached hydrogen (secondary N) is 2. The second kappa shape index (κ2) is 10.9. The molecule has 3 aromatic carbocycles. The van der Waals surface area contributed by atoms with E-state index in [4.69, 9.17) is 14.7 Å². The van der Waals surface area contributed by atoms with E-state index in [0.717, 1.165) is 22.3 Å². The van der Waals surface area contributed by atoms with Gasteiger partial charge in [-0.15, -0.1) is 0 Å². The third-order valence-electron chi connectivity index (χ3n) is 5.41. The van der Waals surface area contributed by atoms with Gasteiger partial charge in [0, 0.05) is 34.5 Å². The van der Waals surface area contributed by atoms with Gasteiger partial charge in [-0.3, -0.25) is 9.69 Å². The zero-order chi connectivity index (χ0) is 24.6. The molecule has 0 saturated carbocycles. The number of amides is 1. The normalized spacial score (nSPS) is 10.4. The van der Waals surface area contributed by atoms with E-state index in [1.54, 1.807) is 36.4 Å². The average Bonchev–Trinajstić information content (AvgIpc) is 3.30. The summed E-state index contributed by atoms with van der Waals surface area (Å²) < 4.78 is 10.3. The molecule has 8 nitrogen and oxygen atoms in total. The van der Waals surface area contributed by atoms with Gasteiger partial charge in [-0.25, -0.2) is 4.79 Å². The molecule has 0 aliphatic heterocycles. The lowest BCUT2D eigenvalue weighted by molar-refractivity contribution is -0.140. The fourth-order valence-corrected chi connectivity index (χ4v) is 3.58. The summed E-state index contributed by atoms with van der Waals surface area (Å²) in [5, 5.41) is 13.1. The fourth-order valence-electron chi connectivity index (χ4n) is 3.58. The molecule has 0 atom stereocenters. The number of nitriles is 1. The van der Waals surface area contributed by atoms with Gasteiger partial charge in [0.05, 0.1) is 31.7 Å². The Bertz CT molecular complexity index is 1360. The molecular formula is C27H24N4O4. The second-order valence-corrected chi connectivity index (χ2v) is 7.77. The minimum absolute atomic E-state index is 0.0486. The molecule has 8 heteroatoms. The first kappa shape index (κ1) is 23.4. The first-order valence-corrected chi connectivity index (χ1v) is 11.0. The van der Waals surface area contributed by atoms with Crippen molar-refractivity contribution in [3.05, 3.63) is 90.1 Å². The third kappa shape index (κ3) is 5.97. The fraction of sp³-hybridized carbons (Fsp3) is 0.148. The van der Waals surface area contributed by atoms with Crippen LogP contribution in [0.3, 0.4) is 0 Å². The number of H-pyrrole nitrogens is 1. The highest BCUT2D eigenvalue weighted by Gasteiger charge is 2.19. The van der Waals surface area contributed by atoms with Crippen LogP contribution in [0.4, 0.5) is 16.2 Å². The number of para-hydroxylation sites is 1. The Morgan fingerprint density at radius 1 is 1.03 bits per heavy atom. The largest absolute Gasteiger partial charge is 0.469 e. The molecule has 0 bridgehead atoms. The Hall–Kier alpha value is -4.77. The Labute approximate surface area is 202 Å². The van der Waals surface area contributed by atoms with Gasteiger partial charge in [0.1, 0.15) is 5.75 Å². The predicted octanol–water partition coefficient (Wildman–Crippen LogP) is 5.22. The van der Waals surface area contributed by atoms with Crippen LogP contribution in [-0.4, -0.2) is 30.7 Å². The molecule has 0 radical (unpaired) electrons.